The van der Waals surface area contributed by atoms with Crippen molar-refractivity contribution in [1.82, 2.24) is 10.2 Å². The van der Waals surface area contributed by atoms with Crippen molar-refractivity contribution in [1.29, 1.82) is 5.26 Å². The molecule has 1 heterocycles. The number of likely N-dealkylation sites (tertiary alicyclic amines) is 1. The van der Waals surface area contributed by atoms with Gasteiger partial charge in [0, 0.05) is 26.2 Å². The van der Waals surface area contributed by atoms with Crippen molar-refractivity contribution in [3.63, 3.8) is 0 Å². The van der Waals surface area contributed by atoms with Gasteiger partial charge in [0.25, 0.3) is 0 Å². The Hall–Kier alpha value is -0.630. The van der Waals surface area contributed by atoms with Gasteiger partial charge in [0.05, 0.1) is 12.2 Å². The zero-order valence-electron chi connectivity index (χ0n) is 11.1. The molecule has 98 valence electrons. The van der Waals surface area contributed by atoms with Crippen LogP contribution in [0.15, 0.2) is 0 Å². The average molecular weight is 239 g/mol. The molecule has 0 radical (unpaired) electrons. The van der Waals surface area contributed by atoms with Crippen molar-refractivity contribution >= 4 is 0 Å². The van der Waals surface area contributed by atoms with E-state index >= 15 is 0 Å². The standard InChI is InChI=1S/C13H25N3O/c1-3-7-15-12(10-14)11-16-8-5-13(6-9-16)17-4-2/h12-13,15H,3-9,11H2,1-2H3. The van der Waals surface area contributed by atoms with Crippen molar-refractivity contribution in [2.24, 2.45) is 0 Å². The summed E-state index contributed by atoms with van der Waals surface area (Å²) in [6, 6.07) is 2.31. The van der Waals surface area contributed by atoms with E-state index in [0.29, 0.717) is 6.10 Å². The molecule has 0 bridgehead atoms. The molecule has 1 N–H and O–H groups in total. The maximum Gasteiger partial charge on any atom is 0.108 e. The Morgan fingerprint density at radius 1 is 1.41 bits per heavy atom. The van der Waals surface area contributed by atoms with Crippen LogP contribution in [0, 0.1) is 11.3 Å². The third-order valence-electron chi connectivity index (χ3n) is 3.17. The van der Waals surface area contributed by atoms with Gasteiger partial charge >= 0.3 is 0 Å². The first kappa shape index (κ1) is 14.4. The number of hydrogen-bond acceptors (Lipinski definition) is 4. The van der Waals surface area contributed by atoms with E-state index in [-0.39, 0.29) is 6.04 Å². The molecule has 1 rings (SSSR count). The van der Waals surface area contributed by atoms with Crippen LogP contribution >= 0.6 is 0 Å². The molecule has 1 aliphatic rings. The maximum absolute atomic E-state index is 9.06. The van der Waals surface area contributed by atoms with Crippen LogP contribution in [0.25, 0.3) is 0 Å². The molecule has 0 spiro atoms. The van der Waals surface area contributed by atoms with E-state index in [1.807, 2.05) is 6.92 Å². The fourth-order valence-electron chi connectivity index (χ4n) is 2.22. The Morgan fingerprint density at radius 3 is 2.65 bits per heavy atom. The van der Waals surface area contributed by atoms with Crippen LogP contribution in [0.1, 0.15) is 33.1 Å². The normalized spacial score (nSPS) is 20.1. The zero-order valence-corrected chi connectivity index (χ0v) is 11.1. The van der Waals surface area contributed by atoms with E-state index in [1.165, 1.54) is 0 Å². The molecule has 0 aromatic carbocycles. The van der Waals surface area contributed by atoms with Crippen molar-refractivity contribution in [2.75, 3.05) is 32.8 Å². The van der Waals surface area contributed by atoms with Crippen LogP contribution in [-0.2, 0) is 4.74 Å². The summed E-state index contributed by atoms with van der Waals surface area (Å²) in [7, 11) is 0. The predicted molar refractivity (Wildman–Crippen MR) is 68.8 cm³/mol. The fraction of sp³-hybridized carbons (Fsp3) is 0.923. The highest BCUT2D eigenvalue weighted by atomic mass is 16.5. The molecule has 0 saturated carbocycles. The minimum Gasteiger partial charge on any atom is -0.378 e. The molecule has 0 aliphatic carbocycles. The first-order valence-electron chi connectivity index (χ1n) is 6.77. The molecule has 4 heteroatoms. The number of hydrogen-bond donors (Lipinski definition) is 1. The van der Waals surface area contributed by atoms with Gasteiger partial charge in [0.2, 0.25) is 0 Å². The second kappa shape index (κ2) is 8.46. The maximum atomic E-state index is 9.06. The lowest BCUT2D eigenvalue weighted by atomic mass is 10.1. The van der Waals surface area contributed by atoms with Crippen LogP contribution in [-0.4, -0.2) is 49.8 Å². The molecule has 1 unspecified atom stereocenters. The fourth-order valence-corrected chi connectivity index (χ4v) is 2.22. The summed E-state index contributed by atoms with van der Waals surface area (Å²) in [4.78, 5) is 2.37. The Morgan fingerprint density at radius 2 is 2.12 bits per heavy atom. The Bertz CT molecular complexity index is 231. The Balaban J connectivity index is 2.22. The lowest BCUT2D eigenvalue weighted by Gasteiger charge is -2.32. The second-order valence-corrected chi connectivity index (χ2v) is 4.59. The van der Waals surface area contributed by atoms with E-state index in [1.54, 1.807) is 0 Å². The monoisotopic (exact) mass is 239 g/mol. The SMILES string of the molecule is CCCNC(C#N)CN1CCC(OCC)CC1. The molecule has 1 atom stereocenters. The summed E-state index contributed by atoms with van der Waals surface area (Å²) < 4.78 is 5.62. The quantitative estimate of drug-likeness (QED) is 0.729. The topological polar surface area (TPSA) is 48.3 Å². The van der Waals surface area contributed by atoms with Crippen molar-refractivity contribution in [3.05, 3.63) is 0 Å². The van der Waals surface area contributed by atoms with Crippen molar-refractivity contribution < 1.29 is 4.74 Å². The summed E-state index contributed by atoms with van der Waals surface area (Å²) >= 11 is 0. The van der Waals surface area contributed by atoms with E-state index in [0.717, 1.165) is 52.0 Å². The Kier molecular flexibility index (Phi) is 7.18. The lowest BCUT2D eigenvalue weighted by molar-refractivity contribution is 0.0134. The van der Waals surface area contributed by atoms with Gasteiger partial charge in [0.1, 0.15) is 6.04 Å². The van der Waals surface area contributed by atoms with Crippen molar-refractivity contribution in [3.8, 4) is 6.07 Å². The third-order valence-corrected chi connectivity index (χ3v) is 3.17. The molecule has 0 amide bonds. The second-order valence-electron chi connectivity index (χ2n) is 4.59. The minimum atomic E-state index is -0.0291. The van der Waals surface area contributed by atoms with E-state index in [4.69, 9.17) is 10.00 Å². The van der Waals surface area contributed by atoms with E-state index in [9.17, 15) is 0 Å². The lowest BCUT2D eigenvalue weighted by Crippen LogP contribution is -2.45. The summed E-state index contributed by atoms with van der Waals surface area (Å²) in [5.41, 5.74) is 0. The van der Waals surface area contributed by atoms with Crippen LogP contribution < -0.4 is 5.32 Å². The number of piperidine rings is 1. The van der Waals surface area contributed by atoms with Crippen LogP contribution in [0.4, 0.5) is 0 Å². The molecule has 1 fully saturated rings. The first-order valence-corrected chi connectivity index (χ1v) is 6.77. The minimum absolute atomic E-state index is 0.0291. The Labute approximate surface area is 105 Å². The van der Waals surface area contributed by atoms with Gasteiger partial charge in [-0.05, 0) is 32.7 Å². The number of nitrogens with zero attached hydrogens (tertiary/aromatic N) is 2. The van der Waals surface area contributed by atoms with Crippen LogP contribution in [0.3, 0.4) is 0 Å². The summed E-state index contributed by atoms with van der Waals surface area (Å²) in [6.45, 7) is 8.85. The van der Waals surface area contributed by atoms with Gasteiger partial charge in [-0.2, -0.15) is 5.26 Å². The summed E-state index contributed by atoms with van der Waals surface area (Å²) in [5.74, 6) is 0. The molecule has 4 nitrogen and oxygen atoms in total. The molecular weight excluding hydrogens is 214 g/mol. The third kappa shape index (κ3) is 5.49. The molecule has 0 aromatic rings. The van der Waals surface area contributed by atoms with E-state index in [2.05, 4.69) is 23.2 Å². The van der Waals surface area contributed by atoms with Gasteiger partial charge in [-0.15, -0.1) is 0 Å². The van der Waals surface area contributed by atoms with Crippen LogP contribution in [0.5, 0.6) is 0 Å². The van der Waals surface area contributed by atoms with Gasteiger partial charge in [-0.25, -0.2) is 0 Å². The predicted octanol–water partition coefficient (Wildman–Crippen LogP) is 1.38. The van der Waals surface area contributed by atoms with Gasteiger partial charge < -0.3 is 15.0 Å². The largest absolute Gasteiger partial charge is 0.378 e. The highest BCUT2D eigenvalue weighted by Crippen LogP contribution is 2.13. The summed E-state index contributed by atoms with van der Waals surface area (Å²) in [5, 5.41) is 12.3. The first-order chi connectivity index (χ1) is 8.30. The highest BCUT2D eigenvalue weighted by Gasteiger charge is 2.21. The summed E-state index contributed by atoms with van der Waals surface area (Å²) in [6.07, 6.45) is 3.70. The van der Waals surface area contributed by atoms with Gasteiger partial charge in [0.15, 0.2) is 0 Å². The van der Waals surface area contributed by atoms with Crippen LogP contribution in [0.2, 0.25) is 0 Å². The molecule has 1 saturated heterocycles. The van der Waals surface area contributed by atoms with Crippen molar-refractivity contribution in [2.45, 2.75) is 45.3 Å². The number of nitriles is 1. The zero-order chi connectivity index (χ0) is 12.5. The molecule has 1 aliphatic heterocycles. The van der Waals surface area contributed by atoms with Gasteiger partial charge in [-0.3, -0.25) is 0 Å². The highest BCUT2D eigenvalue weighted by molar-refractivity contribution is 4.92. The smallest absolute Gasteiger partial charge is 0.108 e. The number of nitrogens with one attached hydrogen (secondary N) is 1. The number of ether oxygens (including phenoxy) is 1. The number of rotatable bonds is 7. The average Bonchev–Trinajstić information content (AvgIpc) is 2.37. The van der Waals surface area contributed by atoms with E-state index < -0.39 is 0 Å². The van der Waals surface area contributed by atoms with Gasteiger partial charge in [-0.1, -0.05) is 6.92 Å². The molecular formula is C13H25N3O. The molecule has 17 heavy (non-hydrogen) atoms. The molecule has 0 aromatic heterocycles.